The fourth-order valence-electron chi connectivity index (χ4n) is 3.60. The second-order valence-corrected chi connectivity index (χ2v) is 6.66. The number of nitrogens with zero attached hydrogens (tertiary/aromatic N) is 3. The first-order valence-corrected chi connectivity index (χ1v) is 8.88. The lowest BCUT2D eigenvalue weighted by molar-refractivity contribution is 0.202. The van der Waals surface area contributed by atoms with E-state index in [0.717, 1.165) is 35.2 Å². The van der Waals surface area contributed by atoms with Crippen molar-refractivity contribution in [3.05, 3.63) is 6.07 Å². The second kappa shape index (κ2) is 6.20. The van der Waals surface area contributed by atoms with Crippen LogP contribution >= 0.6 is 11.8 Å². The molecular weight excluding hydrogens is 268 g/mol. The third-order valence-electron chi connectivity index (χ3n) is 4.75. The molecule has 3 rings (SSSR count). The van der Waals surface area contributed by atoms with Crippen molar-refractivity contribution < 1.29 is 0 Å². The molecule has 1 saturated heterocycles. The van der Waals surface area contributed by atoms with Gasteiger partial charge in [0.25, 0.3) is 0 Å². The monoisotopic (exact) mass is 292 g/mol. The zero-order chi connectivity index (χ0) is 13.9. The first kappa shape index (κ1) is 14.0. The second-order valence-electron chi connectivity index (χ2n) is 5.89. The quantitative estimate of drug-likeness (QED) is 0.684. The van der Waals surface area contributed by atoms with E-state index in [2.05, 4.69) is 21.3 Å². The van der Waals surface area contributed by atoms with Crippen molar-refractivity contribution in [3.8, 4) is 0 Å². The maximum Gasteiger partial charge on any atom is 0.191 e. The van der Waals surface area contributed by atoms with Gasteiger partial charge in [-0.25, -0.2) is 9.97 Å². The molecule has 20 heavy (non-hydrogen) atoms. The van der Waals surface area contributed by atoms with Crippen LogP contribution in [0.2, 0.25) is 0 Å². The normalized spacial score (nSPS) is 26.2. The number of rotatable bonds is 3. The molecule has 0 spiro atoms. The summed E-state index contributed by atoms with van der Waals surface area (Å²) in [5.41, 5.74) is 0. The van der Waals surface area contributed by atoms with Gasteiger partial charge in [0.15, 0.2) is 5.16 Å². The highest BCUT2D eigenvalue weighted by atomic mass is 32.2. The van der Waals surface area contributed by atoms with E-state index in [9.17, 15) is 0 Å². The molecule has 1 aromatic heterocycles. The first-order chi connectivity index (χ1) is 9.80. The molecular formula is C15H24N4S. The van der Waals surface area contributed by atoms with E-state index in [4.69, 9.17) is 4.98 Å². The summed E-state index contributed by atoms with van der Waals surface area (Å²) < 4.78 is 0. The maximum atomic E-state index is 4.70. The first-order valence-electron chi connectivity index (χ1n) is 7.66. The summed E-state index contributed by atoms with van der Waals surface area (Å²) in [6, 6.07) is 2.09. The molecule has 2 fully saturated rings. The highest BCUT2D eigenvalue weighted by molar-refractivity contribution is 7.98. The van der Waals surface area contributed by atoms with E-state index in [-0.39, 0.29) is 0 Å². The molecule has 0 amide bonds. The van der Waals surface area contributed by atoms with Crippen LogP contribution in [-0.4, -0.2) is 36.4 Å². The lowest BCUT2D eigenvalue weighted by Crippen LogP contribution is -2.42. The van der Waals surface area contributed by atoms with E-state index >= 15 is 0 Å². The van der Waals surface area contributed by atoms with E-state index < -0.39 is 0 Å². The number of nitrogens with one attached hydrogen (secondary N) is 1. The smallest absolute Gasteiger partial charge is 0.191 e. The van der Waals surface area contributed by atoms with Crippen LogP contribution in [-0.2, 0) is 0 Å². The SMILES string of the molecule is CNc1cc(N2CCC3CCCCC3C2)nc(SC)n1. The van der Waals surface area contributed by atoms with Crippen molar-refractivity contribution in [1.29, 1.82) is 0 Å². The molecule has 2 heterocycles. The summed E-state index contributed by atoms with van der Waals surface area (Å²) in [5.74, 6) is 3.86. The Labute approximate surface area is 125 Å². The van der Waals surface area contributed by atoms with Crippen molar-refractivity contribution in [2.45, 2.75) is 37.3 Å². The van der Waals surface area contributed by atoms with Crippen LogP contribution in [0, 0.1) is 11.8 Å². The highest BCUT2D eigenvalue weighted by Gasteiger charge is 2.31. The van der Waals surface area contributed by atoms with E-state index in [0.29, 0.717) is 0 Å². The van der Waals surface area contributed by atoms with Crippen LogP contribution in [0.15, 0.2) is 11.2 Å². The lowest BCUT2D eigenvalue weighted by atomic mass is 9.75. The summed E-state index contributed by atoms with van der Waals surface area (Å²) in [6.07, 6.45) is 9.07. The predicted molar refractivity (Wildman–Crippen MR) is 85.6 cm³/mol. The van der Waals surface area contributed by atoms with Gasteiger partial charge < -0.3 is 10.2 Å². The Balaban J connectivity index is 1.78. The Morgan fingerprint density at radius 2 is 2.00 bits per heavy atom. The summed E-state index contributed by atoms with van der Waals surface area (Å²) in [6.45, 7) is 2.33. The number of hydrogen-bond donors (Lipinski definition) is 1. The predicted octanol–water partition coefficient (Wildman–Crippen LogP) is 3.26. The summed E-state index contributed by atoms with van der Waals surface area (Å²) in [7, 11) is 1.92. The average Bonchev–Trinajstić information content (AvgIpc) is 2.53. The van der Waals surface area contributed by atoms with Crippen LogP contribution in [0.1, 0.15) is 32.1 Å². The van der Waals surface area contributed by atoms with Gasteiger partial charge in [0, 0.05) is 26.2 Å². The van der Waals surface area contributed by atoms with Gasteiger partial charge in [0.2, 0.25) is 0 Å². The molecule has 1 aliphatic heterocycles. The van der Waals surface area contributed by atoms with Gasteiger partial charge in [0.1, 0.15) is 11.6 Å². The van der Waals surface area contributed by atoms with E-state index in [1.807, 2.05) is 13.3 Å². The van der Waals surface area contributed by atoms with Crippen molar-refractivity contribution in [3.63, 3.8) is 0 Å². The Hall–Kier alpha value is -0.970. The number of fused-ring (bicyclic) bond motifs is 1. The van der Waals surface area contributed by atoms with Crippen LogP contribution in [0.25, 0.3) is 0 Å². The Kier molecular flexibility index (Phi) is 4.34. The minimum absolute atomic E-state index is 0.859. The lowest BCUT2D eigenvalue weighted by Gasteiger charge is -2.41. The molecule has 1 N–H and O–H groups in total. The maximum absolute atomic E-state index is 4.70. The largest absolute Gasteiger partial charge is 0.373 e. The zero-order valence-corrected chi connectivity index (χ0v) is 13.2. The minimum atomic E-state index is 0.859. The van der Waals surface area contributed by atoms with Crippen LogP contribution in [0.4, 0.5) is 11.6 Å². The molecule has 4 nitrogen and oxygen atoms in total. The van der Waals surface area contributed by atoms with Gasteiger partial charge in [-0.05, 0) is 30.9 Å². The molecule has 2 aliphatic rings. The summed E-state index contributed by atoms with van der Waals surface area (Å²) >= 11 is 1.61. The van der Waals surface area contributed by atoms with Crippen LogP contribution in [0.3, 0.4) is 0 Å². The van der Waals surface area contributed by atoms with Crippen LogP contribution < -0.4 is 10.2 Å². The topological polar surface area (TPSA) is 41.0 Å². The van der Waals surface area contributed by atoms with Gasteiger partial charge in [-0.15, -0.1) is 0 Å². The fraction of sp³-hybridized carbons (Fsp3) is 0.733. The number of thioether (sulfide) groups is 1. The Bertz CT molecular complexity index is 443. The molecule has 110 valence electrons. The number of piperidine rings is 1. The van der Waals surface area contributed by atoms with Gasteiger partial charge in [-0.1, -0.05) is 31.0 Å². The Morgan fingerprint density at radius 3 is 2.75 bits per heavy atom. The highest BCUT2D eigenvalue weighted by Crippen LogP contribution is 2.37. The molecule has 2 unspecified atom stereocenters. The van der Waals surface area contributed by atoms with Gasteiger partial charge in [-0.3, -0.25) is 0 Å². The molecule has 0 aromatic carbocycles. The standard InChI is InChI=1S/C15H24N4S/c1-16-13-9-14(18-15(17-13)20-2)19-8-7-11-5-3-4-6-12(11)10-19/h9,11-12H,3-8,10H2,1-2H3,(H,16,17,18). The third kappa shape index (κ3) is 2.87. The number of hydrogen-bond acceptors (Lipinski definition) is 5. The van der Waals surface area contributed by atoms with Crippen molar-refractivity contribution in [1.82, 2.24) is 9.97 Å². The van der Waals surface area contributed by atoms with Crippen molar-refractivity contribution in [2.24, 2.45) is 11.8 Å². The van der Waals surface area contributed by atoms with Crippen molar-refractivity contribution >= 4 is 23.4 Å². The average molecular weight is 292 g/mol. The molecule has 1 saturated carbocycles. The number of aromatic nitrogens is 2. The number of anilines is 2. The third-order valence-corrected chi connectivity index (χ3v) is 5.29. The van der Waals surface area contributed by atoms with Gasteiger partial charge in [-0.2, -0.15) is 0 Å². The van der Waals surface area contributed by atoms with Crippen molar-refractivity contribution in [2.75, 3.05) is 36.6 Å². The molecule has 2 atom stereocenters. The molecule has 5 heteroatoms. The fourth-order valence-corrected chi connectivity index (χ4v) is 3.98. The molecule has 1 aromatic rings. The summed E-state index contributed by atoms with van der Waals surface area (Å²) in [5, 5.41) is 4.01. The zero-order valence-electron chi connectivity index (χ0n) is 12.4. The molecule has 0 radical (unpaired) electrons. The van der Waals surface area contributed by atoms with E-state index in [1.54, 1.807) is 11.8 Å². The van der Waals surface area contributed by atoms with Crippen LogP contribution in [0.5, 0.6) is 0 Å². The summed E-state index contributed by atoms with van der Waals surface area (Å²) in [4.78, 5) is 11.6. The van der Waals surface area contributed by atoms with Gasteiger partial charge in [0.05, 0.1) is 0 Å². The minimum Gasteiger partial charge on any atom is -0.373 e. The Morgan fingerprint density at radius 1 is 1.20 bits per heavy atom. The molecule has 0 bridgehead atoms. The van der Waals surface area contributed by atoms with E-state index in [1.165, 1.54) is 38.6 Å². The molecule has 1 aliphatic carbocycles. The van der Waals surface area contributed by atoms with Gasteiger partial charge >= 0.3 is 0 Å².